The third-order valence-electron chi connectivity index (χ3n) is 3.52. The molecule has 0 aromatic carbocycles. The molecule has 1 fully saturated rings. The van der Waals surface area contributed by atoms with Gasteiger partial charge in [-0.25, -0.2) is 9.78 Å². The van der Waals surface area contributed by atoms with E-state index in [1.807, 2.05) is 34.6 Å². The van der Waals surface area contributed by atoms with E-state index < -0.39 is 0 Å². The zero-order valence-electron chi connectivity index (χ0n) is 13.1. The first-order valence-electron chi connectivity index (χ1n) is 6.99. The van der Waals surface area contributed by atoms with Gasteiger partial charge in [0.2, 0.25) is 5.91 Å². The summed E-state index contributed by atoms with van der Waals surface area (Å²) in [6.45, 7) is 10.4. The molecule has 2 rings (SSSR count). The second-order valence-electron chi connectivity index (χ2n) is 6.34. The van der Waals surface area contributed by atoms with E-state index in [1.165, 1.54) is 11.3 Å². The molecule has 0 spiro atoms. The van der Waals surface area contributed by atoms with Crippen LogP contribution in [0.25, 0.3) is 0 Å². The maximum absolute atomic E-state index is 12.0. The number of likely N-dealkylation sites (tertiary alicyclic amines) is 1. The molecule has 2 heterocycles. The zero-order chi connectivity index (χ0) is 15.8. The van der Waals surface area contributed by atoms with Crippen LogP contribution in [0.2, 0.25) is 0 Å². The van der Waals surface area contributed by atoms with Gasteiger partial charge >= 0.3 is 6.03 Å². The first-order chi connectivity index (χ1) is 9.66. The number of hydrogen-bond acceptors (Lipinski definition) is 4. The Balaban J connectivity index is 1.91. The predicted molar refractivity (Wildman–Crippen MR) is 83.6 cm³/mol. The number of carbonyl (C=O) groups excluding carboxylic acids is 2. The number of urea groups is 1. The van der Waals surface area contributed by atoms with Crippen molar-refractivity contribution in [2.24, 2.45) is 0 Å². The van der Waals surface area contributed by atoms with Crippen molar-refractivity contribution >= 4 is 28.4 Å². The molecule has 21 heavy (non-hydrogen) atoms. The quantitative estimate of drug-likeness (QED) is 0.880. The standard InChI is InChI=1S/C14H22N4O2S/c1-8-9(2)21-13(15-8)17-12(20)16-10-6-11(19)18(7-10)14(3,4)5/h10H,6-7H2,1-5H3,(H2,15,16,17,20). The molecule has 116 valence electrons. The summed E-state index contributed by atoms with van der Waals surface area (Å²) >= 11 is 1.45. The molecule has 1 atom stereocenters. The van der Waals surface area contributed by atoms with Crippen LogP contribution in [0.1, 0.15) is 37.8 Å². The number of thiazole rings is 1. The number of aromatic nitrogens is 1. The molecule has 1 saturated heterocycles. The predicted octanol–water partition coefficient (Wildman–Crippen LogP) is 2.28. The Labute approximate surface area is 128 Å². The summed E-state index contributed by atoms with van der Waals surface area (Å²) < 4.78 is 0. The summed E-state index contributed by atoms with van der Waals surface area (Å²) in [6, 6.07) is -0.462. The van der Waals surface area contributed by atoms with Gasteiger partial charge in [0.05, 0.1) is 11.7 Å². The number of rotatable bonds is 2. The molecule has 1 aromatic rings. The number of aryl methyl sites for hydroxylation is 2. The highest BCUT2D eigenvalue weighted by Gasteiger charge is 2.36. The lowest BCUT2D eigenvalue weighted by Crippen LogP contribution is -2.45. The van der Waals surface area contributed by atoms with Crippen molar-refractivity contribution in [2.45, 2.75) is 52.6 Å². The van der Waals surface area contributed by atoms with Crippen LogP contribution < -0.4 is 10.6 Å². The second kappa shape index (κ2) is 5.63. The van der Waals surface area contributed by atoms with Gasteiger partial charge in [-0.05, 0) is 34.6 Å². The molecule has 7 heteroatoms. The lowest BCUT2D eigenvalue weighted by molar-refractivity contribution is -0.131. The Kier molecular flexibility index (Phi) is 4.22. The van der Waals surface area contributed by atoms with Gasteiger partial charge in [-0.2, -0.15) is 0 Å². The molecule has 1 aliphatic rings. The van der Waals surface area contributed by atoms with Crippen LogP contribution in [0, 0.1) is 13.8 Å². The molecule has 0 aliphatic carbocycles. The number of anilines is 1. The van der Waals surface area contributed by atoms with E-state index in [0.29, 0.717) is 18.1 Å². The van der Waals surface area contributed by atoms with E-state index in [-0.39, 0.29) is 23.5 Å². The maximum Gasteiger partial charge on any atom is 0.321 e. The van der Waals surface area contributed by atoms with Crippen molar-refractivity contribution in [2.75, 3.05) is 11.9 Å². The molecule has 0 saturated carbocycles. The summed E-state index contributed by atoms with van der Waals surface area (Å²) in [5, 5.41) is 6.15. The van der Waals surface area contributed by atoms with Crippen molar-refractivity contribution < 1.29 is 9.59 Å². The van der Waals surface area contributed by atoms with Gasteiger partial charge in [-0.15, -0.1) is 11.3 Å². The number of amides is 3. The fourth-order valence-electron chi connectivity index (χ4n) is 2.30. The van der Waals surface area contributed by atoms with Crippen LogP contribution in [0.5, 0.6) is 0 Å². The minimum absolute atomic E-state index is 0.0775. The van der Waals surface area contributed by atoms with E-state index in [9.17, 15) is 9.59 Å². The fourth-order valence-corrected chi connectivity index (χ4v) is 3.11. The van der Waals surface area contributed by atoms with Crippen LogP contribution in [0.4, 0.5) is 9.93 Å². The van der Waals surface area contributed by atoms with Crippen LogP contribution in [-0.4, -0.2) is 39.9 Å². The second-order valence-corrected chi connectivity index (χ2v) is 7.54. The first kappa shape index (κ1) is 15.8. The smallest absolute Gasteiger partial charge is 0.321 e. The number of carbonyl (C=O) groups is 2. The highest BCUT2D eigenvalue weighted by atomic mass is 32.1. The lowest BCUT2D eigenvalue weighted by Gasteiger charge is -2.32. The summed E-state index contributed by atoms with van der Waals surface area (Å²) in [5.41, 5.74) is 0.707. The van der Waals surface area contributed by atoms with Crippen molar-refractivity contribution in [3.05, 3.63) is 10.6 Å². The molecule has 6 nitrogen and oxygen atoms in total. The molecular weight excluding hydrogens is 288 g/mol. The van der Waals surface area contributed by atoms with Crippen molar-refractivity contribution in [1.82, 2.24) is 15.2 Å². The molecule has 2 N–H and O–H groups in total. The molecular formula is C14H22N4O2S. The van der Waals surface area contributed by atoms with E-state index in [4.69, 9.17) is 0 Å². The Bertz CT molecular complexity index is 542. The molecule has 1 unspecified atom stereocenters. The Morgan fingerprint density at radius 2 is 2.05 bits per heavy atom. The molecule has 0 bridgehead atoms. The van der Waals surface area contributed by atoms with Crippen LogP contribution >= 0.6 is 11.3 Å². The van der Waals surface area contributed by atoms with E-state index in [2.05, 4.69) is 15.6 Å². The minimum Gasteiger partial charge on any atom is -0.336 e. The van der Waals surface area contributed by atoms with Gasteiger partial charge < -0.3 is 10.2 Å². The van der Waals surface area contributed by atoms with E-state index in [0.717, 1.165) is 10.6 Å². The average molecular weight is 310 g/mol. The highest BCUT2D eigenvalue weighted by Crippen LogP contribution is 2.23. The van der Waals surface area contributed by atoms with Crippen LogP contribution in [0.15, 0.2) is 0 Å². The van der Waals surface area contributed by atoms with Gasteiger partial charge in [-0.1, -0.05) is 0 Å². The van der Waals surface area contributed by atoms with Gasteiger partial charge in [0.1, 0.15) is 0 Å². The fraction of sp³-hybridized carbons (Fsp3) is 0.643. The lowest BCUT2D eigenvalue weighted by atomic mass is 10.1. The summed E-state index contributed by atoms with van der Waals surface area (Å²) in [5.74, 6) is 0.0775. The number of nitrogens with zero attached hydrogens (tertiary/aromatic N) is 2. The molecule has 1 aliphatic heterocycles. The van der Waals surface area contributed by atoms with Crippen LogP contribution in [0.3, 0.4) is 0 Å². The van der Waals surface area contributed by atoms with Crippen LogP contribution in [-0.2, 0) is 4.79 Å². The maximum atomic E-state index is 12.0. The minimum atomic E-state index is -0.308. The first-order valence-corrected chi connectivity index (χ1v) is 7.80. The Morgan fingerprint density at radius 3 is 2.52 bits per heavy atom. The van der Waals surface area contributed by atoms with E-state index in [1.54, 1.807) is 4.90 Å². The normalized spacial score (nSPS) is 19.0. The Morgan fingerprint density at radius 1 is 1.38 bits per heavy atom. The van der Waals surface area contributed by atoms with Crippen molar-refractivity contribution in [1.29, 1.82) is 0 Å². The summed E-state index contributed by atoms with van der Waals surface area (Å²) in [6.07, 6.45) is 0.348. The molecule has 0 radical (unpaired) electrons. The van der Waals surface area contributed by atoms with Gasteiger partial charge in [0.25, 0.3) is 0 Å². The third kappa shape index (κ3) is 3.72. The largest absolute Gasteiger partial charge is 0.336 e. The highest BCUT2D eigenvalue weighted by molar-refractivity contribution is 7.15. The third-order valence-corrected chi connectivity index (χ3v) is 4.51. The number of hydrogen-bond donors (Lipinski definition) is 2. The Hall–Kier alpha value is -1.63. The summed E-state index contributed by atoms with van der Waals surface area (Å²) in [7, 11) is 0. The SMILES string of the molecule is Cc1nc(NC(=O)NC2CC(=O)N(C(C)(C)C)C2)sc1C. The molecule has 3 amide bonds. The van der Waals surface area contributed by atoms with Gasteiger partial charge in [0, 0.05) is 23.4 Å². The topological polar surface area (TPSA) is 74.3 Å². The van der Waals surface area contributed by atoms with E-state index >= 15 is 0 Å². The number of nitrogens with one attached hydrogen (secondary N) is 2. The zero-order valence-corrected chi connectivity index (χ0v) is 13.9. The average Bonchev–Trinajstić information content (AvgIpc) is 2.82. The monoisotopic (exact) mass is 310 g/mol. The summed E-state index contributed by atoms with van der Waals surface area (Å²) in [4.78, 5) is 31.1. The van der Waals surface area contributed by atoms with Crippen molar-refractivity contribution in [3.8, 4) is 0 Å². The van der Waals surface area contributed by atoms with Gasteiger partial charge in [0.15, 0.2) is 5.13 Å². The van der Waals surface area contributed by atoms with Crippen molar-refractivity contribution in [3.63, 3.8) is 0 Å². The van der Waals surface area contributed by atoms with Gasteiger partial charge in [-0.3, -0.25) is 10.1 Å². The molecule has 1 aromatic heterocycles.